The molecule has 0 bridgehead atoms. The second-order valence-electron chi connectivity index (χ2n) is 12.8. The van der Waals surface area contributed by atoms with E-state index in [1.807, 2.05) is 68.4 Å². The molecule has 48 heavy (non-hydrogen) atoms. The molecule has 1 fully saturated rings. The van der Waals surface area contributed by atoms with E-state index in [-0.39, 0.29) is 29.8 Å². The zero-order valence-electron chi connectivity index (χ0n) is 27.9. The van der Waals surface area contributed by atoms with Crippen molar-refractivity contribution in [2.45, 2.75) is 82.8 Å². The largest absolute Gasteiger partial charge is 0.352 e. The van der Waals surface area contributed by atoms with Crippen LogP contribution in [-0.4, -0.2) is 43.8 Å². The summed E-state index contributed by atoms with van der Waals surface area (Å²) < 4.78 is 29.8. The molecule has 2 amide bonds. The molecule has 0 aromatic heterocycles. The van der Waals surface area contributed by atoms with Gasteiger partial charge in [-0.1, -0.05) is 115 Å². The minimum absolute atomic E-state index is 0.0355. The predicted octanol–water partition coefficient (Wildman–Crippen LogP) is 7.55. The van der Waals surface area contributed by atoms with Crippen LogP contribution in [0.4, 0.5) is 5.69 Å². The normalized spacial score (nSPS) is 14.2. The Morgan fingerprint density at radius 3 is 2.08 bits per heavy atom. The number of sulfonamides is 1. The molecular weight excluding hydrogens is 642 g/mol. The Morgan fingerprint density at radius 2 is 1.44 bits per heavy atom. The van der Waals surface area contributed by atoms with Crippen molar-refractivity contribution in [3.63, 3.8) is 0 Å². The first kappa shape index (κ1) is 35.2. The fraction of sp³-hybridized carbons (Fsp3) is 0.333. The number of halogens is 1. The van der Waals surface area contributed by atoms with Crippen molar-refractivity contribution in [1.82, 2.24) is 10.2 Å². The van der Waals surface area contributed by atoms with E-state index in [0.29, 0.717) is 16.3 Å². The standard InChI is InChI=1S/C39H44ClN3O4S/c1-28-14-19-32(20-15-28)26-42(37(24-31-10-6-4-7-11-31)39(45)41-34-12-8-5-9-13-34)38(44)27-43(36-25-33(40)21-18-30(36)3)48(46,47)35-22-16-29(2)17-23-35/h4,6-7,10-11,14-23,25,34,37H,5,8-9,12-13,24,26-27H2,1-3H3,(H,41,45)/t37-/m0/s1. The van der Waals surface area contributed by atoms with Gasteiger partial charge in [0, 0.05) is 24.0 Å². The number of rotatable bonds is 12. The lowest BCUT2D eigenvalue weighted by molar-refractivity contribution is -0.140. The second kappa shape index (κ2) is 15.8. The Hall–Kier alpha value is -4.14. The van der Waals surface area contributed by atoms with Crippen LogP contribution in [0.3, 0.4) is 0 Å². The number of carbonyl (C=O) groups excluding carboxylic acids is 2. The van der Waals surface area contributed by atoms with Crippen LogP contribution in [0, 0.1) is 20.8 Å². The number of aryl methyl sites for hydroxylation is 3. The molecule has 1 saturated carbocycles. The summed E-state index contributed by atoms with van der Waals surface area (Å²) in [5, 5.41) is 3.60. The number of nitrogens with one attached hydrogen (secondary N) is 1. The predicted molar refractivity (Wildman–Crippen MR) is 193 cm³/mol. The lowest BCUT2D eigenvalue weighted by Gasteiger charge is -2.35. The summed E-state index contributed by atoms with van der Waals surface area (Å²) in [6.07, 6.45) is 5.30. The van der Waals surface area contributed by atoms with Gasteiger partial charge in [-0.05, 0) is 74.6 Å². The fourth-order valence-corrected chi connectivity index (χ4v) is 7.83. The van der Waals surface area contributed by atoms with Crippen LogP contribution >= 0.6 is 11.6 Å². The average molecular weight is 686 g/mol. The molecule has 7 nitrogen and oxygen atoms in total. The Balaban J connectivity index is 1.58. The maximum absolute atomic E-state index is 14.8. The Bertz CT molecular complexity index is 1810. The maximum atomic E-state index is 14.8. The van der Waals surface area contributed by atoms with E-state index in [0.717, 1.165) is 58.7 Å². The average Bonchev–Trinajstić information content (AvgIpc) is 3.08. The highest BCUT2D eigenvalue weighted by atomic mass is 35.5. The Labute approximate surface area is 290 Å². The molecule has 252 valence electrons. The van der Waals surface area contributed by atoms with E-state index < -0.39 is 28.5 Å². The van der Waals surface area contributed by atoms with Gasteiger partial charge >= 0.3 is 0 Å². The summed E-state index contributed by atoms with van der Waals surface area (Å²) in [6.45, 7) is 5.26. The summed E-state index contributed by atoms with van der Waals surface area (Å²) in [4.78, 5) is 30.6. The van der Waals surface area contributed by atoms with Crippen molar-refractivity contribution in [2.75, 3.05) is 10.8 Å². The zero-order valence-corrected chi connectivity index (χ0v) is 29.4. The second-order valence-corrected chi connectivity index (χ2v) is 15.1. The smallest absolute Gasteiger partial charge is 0.264 e. The molecule has 0 spiro atoms. The van der Waals surface area contributed by atoms with Crippen molar-refractivity contribution in [3.05, 3.63) is 130 Å². The molecule has 9 heteroatoms. The molecule has 0 aliphatic heterocycles. The highest BCUT2D eigenvalue weighted by Crippen LogP contribution is 2.30. The number of benzene rings is 4. The fourth-order valence-electron chi connectivity index (χ4n) is 6.19. The van der Waals surface area contributed by atoms with Crippen LogP contribution in [0.15, 0.2) is 102 Å². The third-order valence-electron chi connectivity index (χ3n) is 9.02. The van der Waals surface area contributed by atoms with Crippen molar-refractivity contribution in [2.24, 2.45) is 0 Å². The van der Waals surface area contributed by atoms with Crippen molar-refractivity contribution in [3.8, 4) is 0 Å². The molecule has 5 rings (SSSR count). The molecule has 1 aliphatic rings. The molecule has 0 saturated heterocycles. The third-order valence-corrected chi connectivity index (χ3v) is 11.0. The quantitative estimate of drug-likeness (QED) is 0.167. The summed E-state index contributed by atoms with van der Waals surface area (Å²) in [5.41, 5.74) is 4.66. The van der Waals surface area contributed by atoms with Gasteiger partial charge in [-0.2, -0.15) is 0 Å². The topological polar surface area (TPSA) is 86.8 Å². The van der Waals surface area contributed by atoms with E-state index in [4.69, 9.17) is 11.6 Å². The van der Waals surface area contributed by atoms with Crippen LogP contribution in [0.2, 0.25) is 5.02 Å². The number of anilines is 1. The van der Waals surface area contributed by atoms with Gasteiger partial charge in [0.05, 0.1) is 10.6 Å². The summed E-state index contributed by atoms with van der Waals surface area (Å²) >= 11 is 6.40. The number of hydrogen-bond acceptors (Lipinski definition) is 4. The summed E-state index contributed by atoms with van der Waals surface area (Å²) in [5.74, 6) is -0.733. The van der Waals surface area contributed by atoms with E-state index in [9.17, 15) is 18.0 Å². The van der Waals surface area contributed by atoms with Gasteiger partial charge in [0.15, 0.2) is 0 Å². The zero-order chi connectivity index (χ0) is 34.3. The molecule has 1 aliphatic carbocycles. The third kappa shape index (κ3) is 8.85. The number of carbonyl (C=O) groups is 2. The van der Waals surface area contributed by atoms with Gasteiger partial charge in [0.1, 0.15) is 12.6 Å². The van der Waals surface area contributed by atoms with Gasteiger partial charge in [-0.3, -0.25) is 13.9 Å². The minimum Gasteiger partial charge on any atom is -0.352 e. The molecule has 0 radical (unpaired) electrons. The van der Waals surface area contributed by atoms with Gasteiger partial charge in [-0.25, -0.2) is 8.42 Å². The van der Waals surface area contributed by atoms with Gasteiger partial charge in [0.25, 0.3) is 10.0 Å². The first-order chi connectivity index (χ1) is 23.0. The molecular formula is C39H44ClN3O4S. The van der Waals surface area contributed by atoms with Crippen LogP contribution in [0.1, 0.15) is 59.9 Å². The molecule has 0 unspecified atom stereocenters. The molecule has 1 atom stereocenters. The van der Waals surface area contributed by atoms with Crippen molar-refractivity contribution < 1.29 is 18.0 Å². The van der Waals surface area contributed by atoms with Crippen molar-refractivity contribution in [1.29, 1.82) is 0 Å². The van der Waals surface area contributed by atoms with Gasteiger partial charge in [0.2, 0.25) is 11.8 Å². The molecule has 0 heterocycles. The van der Waals surface area contributed by atoms with Crippen LogP contribution < -0.4 is 9.62 Å². The molecule has 4 aromatic rings. The minimum atomic E-state index is -4.22. The SMILES string of the molecule is Cc1ccc(CN(C(=O)CN(c2cc(Cl)ccc2C)S(=O)(=O)c2ccc(C)cc2)[C@@H](Cc2ccccc2)C(=O)NC2CCCCC2)cc1. The van der Waals surface area contributed by atoms with E-state index in [1.165, 1.54) is 0 Å². The number of nitrogens with zero attached hydrogens (tertiary/aromatic N) is 2. The van der Waals surface area contributed by atoms with Gasteiger partial charge < -0.3 is 10.2 Å². The first-order valence-electron chi connectivity index (χ1n) is 16.6. The van der Waals surface area contributed by atoms with Crippen LogP contribution in [-0.2, 0) is 32.6 Å². The number of hydrogen-bond donors (Lipinski definition) is 1. The van der Waals surface area contributed by atoms with Crippen LogP contribution in [0.25, 0.3) is 0 Å². The van der Waals surface area contributed by atoms with E-state index >= 15 is 0 Å². The summed E-state index contributed by atoms with van der Waals surface area (Å²) in [7, 11) is -4.22. The van der Waals surface area contributed by atoms with Crippen LogP contribution in [0.5, 0.6) is 0 Å². The molecule has 4 aromatic carbocycles. The Kier molecular flexibility index (Phi) is 11.6. The number of amides is 2. The first-order valence-corrected chi connectivity index (χ1v) is 18.4. The van der Waals surface area contributed by atoms with E-state index in [1.54, 1.807) is 54.3 Å². The lowest BCUT2D eigenvalue weighted by Crippen LogP contribution is -2.55. The monoisotopic (exact) mass is 685 g/mol. The van der Waals surface area contributed by atoms with Crippen molar-refractivity contribution >= 4 is 39.1 Å². The van der Waals surface area contributed by atoms with Gasteiger partial charge in [-0.15, -0.1) is 0 Å². The lowest BCUT2D eigenvalue weighted by atomic mass is 9.94. The summed E-state index contributed by atoms with van der Waals surface area (Å²) in [6, 6.07) is 28.1. The van der Waals surface area contributed by atoms with E-state index in [2.05, 4.69) is 5.32 Å². The maximum Gasteiger partial charge on any atom is 0.264 e. The highest BCUT2D eigenvalue weighted by Gasteiger charge is 2.36. The molecule has 1 N–H and O–H groups in total. The highest BCUT2D eigenvalue weighted by molar-refractivity contribution is 7.92. The Morgan fingerprint density at radius 1 is 0.812 bits per heavy atom.